The molecule has 1 spiro atoms. The average Bonchev–Trinajstić information content (AvgIpc) is 2.86. The second-order valence-electron chi connectivity index (χ2n) is 6.37. The molecule has 3 rings (SSSR count). The molecule has 1 atom stereocenters. The van der Waals surface area contributed by atoms with E-state index in [2.05, 4.69) is 15.5 Å². The van der Waals surface area contributed by atoms with Crippen LogP contribution in [0.1, 0.15) is 25.7 Å². The van der Waals surface area contributed by atoms with Crippen molar-refractivity contribution in [1.29, 1.82) is 0 Å². The lowest BCUT2D eigenvalue weighted by atomic mass is 9.74. The molecule has 2 N–H and O–H groups in total. The van der Waals surface area contributed by atoms with Gasteiger partial charge in [-0.2, -0.15) is 0 Å². The summed E-state index contributed by atoms with van der Waals surface area (Å²) in [5, 5.41) is 6.18. The first-order valence-electron chi connectivity index (χ1n) is 7.70. The third-order valence-electron chi connectivity index (χ3n) is 4.82. The highest BCUT2D eigenvalue weighted by atomic mass is 16.2. The number of hydrogen-bond acceptors (Lipinski definition) is 4. The molecule has 0 saturated carbocycles. The molecule has 3 heterocycles. The minimum atomic E-state index is -0.235. The maximum atomic E-state index is 12.2. The maximum absolute atomic E-state index is 12.2. The van der Waals surface area contributed by atoms with Gasteiger partial charge in [-0.15, -0.1) is 0 Å². The van der Waals surface area contributed by atoms with Gasteiger partial charge in [-0.3, -0.25) is 14.6 Å². The van der Waals surface area contributed by atoms with Gasteiger partial charge in [0.1, 0.15) is 0 Å². The lowest BCUT2D eigenvalue weighted by Gasteiger charge is -2.45. The molecule has 0 aliphatic carbocycles. The molecule has 3 aliphatic heterocycles. The van der Waals surface area contributed by atoms with Crippen LogP contribution in [0.25, 0.3) is 0 Å². The van der Waals surface area contributed by atoms with Crippen molar-refractivity contribution in [3.05, 3.63) is 0 Å². The van der Waals surface area contributed by atoms with Gasteiger partial charge in [-0.25, -0.2) is 4.79 Å². The first-order chi connectivity index (χ1) is 9.69. The molecule has 112 valence electrons. The quantitative estimate of drug-likeness (QED) is 0.747. The standard InChI is InChI=1S/C14H24N4O2/c19-12(18-8-6-16-13(18)20)9-17-7-2-4-14(11-17)3-1-5-15-10-14/h15H,1-11H2,(H,16,20). The SMILES string of the molecule is O=C(CN1CCCC2(CCCNC2)C1)N1CCNC1=O. The summed E-state index contributed by atoms with van der Waals surface area (Å²) in [6.07, 6.45) is 4.90. The third kappa shape index (κ3) is 2.81. The third-order valence-corrected chi connectivity index (χ3v) is 4.82. The predicted octanol–water partition coefficient (Wildman–Crippen LogP) is 0.00380. The molecule has 3 saturated heterocycles. The maximum Gasteiger partial charge on any atom is 0.324 e. The van der Waals surface area contributed by atoms with E-state index < -0.39 is 0 Å². The highest BCUT2D eigenvalue weighted by Crippen LogP contribution is 2.35. The van der Waals surface area contributed by atoms with Crippen molar-refractivity contribution in [2.45, 2.75) is 25.7 Å². The number of urea groups is 1. The predicted molar refractivity (Wildman–Crippen MR) is 75.3 cm³/mol. The highest BCUT2D eigenvalue weighted by Gasteiger charge is 2.37. The number of nitrogens with one attached hydrogen (secondary N) is 2. The summed E-state index contributed by atoms with van der Waals surface area (Å²) in [5.74, 6) is -0.0548. The number of nitrogens with zero attached hydrogens (tertiary/aromatic N) is 2. The Kier molecular flexibility index (Phi) is 3.94. The van der Waals surface area contributed by atoms with Gasteiger partial charge in [-0.05, 0) is 44.2 Å². The van der Waals surface area contributed by atoms with Crippen LogP contribution in [-0.4, -0.2) is 67.6 Å². The number of hydrogen-bond donors (Lipinski definition) is 2. The summed E-state index contributed by atoms with van der Waals surface area (Å²) in [4.78, 5) is 27.3. The normalized spacial score (nSPS) is 31.6. The van der Waals surface area contributed by atoms with E-state index in [1.54, 1.807) is 0 Å². The van der Waals surface area contributed by atoms with Gasteiger partial charge < -0.3 is 10.6 Å². The fourth-order valence-electron chi connectivity index (χ4n) is 3.81. The van der Waals surface area contributed by atoms with Crippen molar-refractivity contribution in [1.82, 2.24) is 20.4 Å². The van der Waals surface area contributed by atoms with E-state index in [0.717, 1.165) is 32.6 Å². The van der Waals surface area contributed by atoms with E-state index >= 15 is 0 Å². The molecule has 6 nitrogen and oxygen atoms in total. The lowest BCUT2D eigenvalue weighted by Crippen LogP contribution is -2.53. The van der Waals surface area contributed by atoms with Crippen LogP contribution < -0.4 is 10.6 Å². The molecule has 20 heavy (non-hydrogen) atoms. The van der Waals surface area contributed by atoms with Crippen LogP contribution >= 0.6 is 0 Å². The Balaban J connectivity index is 1.57. The van der Waals surface area contributed by atoms with E-state index in [4.69, 9.17) is 0 Å². The largest absolute Gasteiger partial charge is 0.336 e. The summed E-state index contributed by atoms with van der Waals surface area (Å²) >= 11 is 0. The fourth-order valence-corrected chi connectivity index (χ4v) is 3.81. The average molecular weight is 280 g/mol. The van der Waals surface area contributed by atoms with Crippen molar-refractivity contribution in [3.8, 4) is 0 Å². The molecule has 0 aromatic heterocycles. The molecule has 3 aliphatic rings. The summed E-state index contributed by atoms with van der Waals surface area (Å²) < 4.78 is 0. The van der Waals surface area contributed by atoms with Gasteiger partial charge in [0.05, 0.1) is 6.54 Å². The smallest absolute Gasteiger partial charge is 0.324 e. The first-order valence-corrected chi connectivity index (χ1v) is 7.70. The molecule has 3 fully saturated rings. The number of carbonyl (C=O) groups is 2. The summed E-state index contributed by atoms with van der Waals surface area (Å²) in [5.41, 5.74) is 0.351. The zero-order valence-corrected chi connectivity index (χ0v) is 12.0. The van der Waals surface area contributed by atoms with Gasteiger partial charge in [0.25, 0.3) is 0 Å². The van der Waals surface area contributed by atoms with E-state index in [9.17, 15) is 9.59 Å². The molecule has 3 amide bonds. The van der Waals surface area contributed by atoms with Crippen molar-refractivity contribution in [2.24, 2.45) is 5.41 Å². The minimum absolute atomic E-state index is 0.0548. The van der Waals surface area contributed by atoms with Crippen LogP contribution in [0.4, 0.5) is 4.79 Å². The Bertz CT molecular complexity index is 387. The molecule has 0 bridgehead atoms. The van der Waals surface area contributed by atoms with Crippen molar-refractivity contribution >= 4 is 11.9 Å². The van der Waals surface area contributed by atoms with E-state index in [-0.39, 0.29) is 11.9 Å². The fraction of sp³-hybridized carbons (Fsp3) is 0.857. The Hall–Kier alpha value is -1.14. The number of carbonyl (C=O) groups excluding carboxylic acids is 2. The number of rotatable bonds is 2. The molecule has 1 unspecified atom stereocenters. The molecular weight excluding hydrogens is 256 g/mol. The highest BCUT2D eigenvalue weighted by molar-refractivity contribution is 5.96. The number of piperidine rings is 2. The van der Waals surface area contributed by atoms with Crippen LogP contribution in [0.2, 0.25) is 0 Å². The Labute approximate surface area is 119 Å². The monoisotopic (exact) mass is 280 g/mol. The van der Waals surface area contributed by atoms with Gasteiger partial charge in [0, 0.05) is 26.2 Å². The van der Waals surface area contributed by atoms with Gasteiger partial charge >= 0.3 is 6.03 Å². The van der Waals surface area contributed by atoms with Crippen molar-refractivity contribution in [3.63, 3.8) is 0 Å². The number of imide groups is 1. The molecular formula is C14H24N4O2. The van der Waals surface area contributed by atoms with Gasteiger partial charge in [-0.1, -0.05) is 0 Å². The van der Waals surface area contributed by atoms with Gasteiger partial charge in [0.2, 0.25) is 5.91 Å². The minimum Gasteiger partial charge on any atom is -0.336 e. The molecule has 0 radical (unpaired) electrons. The van der Waals surface area contributed by atoms with Crippen LogP contribution in [0.15, 0.2) is 0 Å². The zero-order valence-electron chi connectivity index (χ0n) is 12.0. The Morgan fingerprint density at radius 2 is 2.05 bits per heavy atom. The molecule has 0 aromatic carbocycles. The Morgan fingerprint density at radius 1 is 1.20 bits per heavy atom. The summed E-state index contributed by atoms with van der Waals surface area (Å²) in [7, 11) is 0. The summed E-state index contributed by atoms with van der Waals surface area (Å²) in [6.45, 7) is 5.63. The number of likely N-dealkylation sites (tertiary alicyclic amines) is 1. The van der Waals surface area contributed by atoms with Crippen LogP contribution in [0.5, 0.6) is 0 Å². The van der Waals surface area contributed by atoms with E-state index in [1.807, 2.05) is 0 Å². The Morgan fingerprint density at radius 3 is 2.75 bits per heavy atom. The summed E-state index contributed by atoms with van der Waals surface area (Å²) in [6, 6.07) is -0.235. The molecule has 0 aromatic rings. The topological polar surface area (TPSA) is 64.7 Å². The molecule has 6 heteroatoms. The van der Waals surface area contributed by atoms with E-state index in [0.29, 0.717) is 25.0 Å². The lowest BCUT2D eigenvalue weighted by molar-refractivity contribution is -0.129. The van der Waals surface area contributed by atoms with Crippen molar-refractivity contribution in [2.75, 3.05) is 45.8 Å². The van der Waals surface area contributed by atoms with E-state index in [1.165, 1.54) is 24.2 Å². The van der Waals surface area contributed by atoms with Crippen LogP contribution in [0.3, 0.4) is 0 Å². The van der Waals surface area contributed by atoms with Gasteiger partial charge in [0.15, 0.2) is 0 Å². The van der Waals surface area contributed by atoms with Crippen molar-refractivity contribution < 1.29 is 9.59 Å². The second-order valence-corrected chi connectivity index (χ2v) is 6.37. The second kappa shape index (κ2) is 5.69. The number of amides is 3. The van der Waals surface area contributed by atoms with Crippen LogP contribution in [-0.2, 0) is 4.79 Å². The first kappa shape index (κ1) is 13.8. The zero-order chi connectivity index (χ0) is 14.0. The van der Waals surface area contributed by atoms with Crippen LogP contribution in [0, 0.1) is 5.41 Å².